The minimum Gasteiger partial charge on any atom is -0.492 e. The van der Waals surface area contributed by atoms with Crippen molar-refractivity contribution in [2.24, 2.45) is 0 Å². The van der Waals surface area contributed by atoms with Gasteiger partial charge in [0.15, 0.2) is 0 Å². The molecule has 0 saturated heterocycles. The number of benzene rings is 2. The maximum Gasteiger partial charge on any atom is 0.271 e. The van der Waals surface area contributed by atoms with E-state index in [0.717, 1.165) is 29.1 Å². The predicted octanol–water partition coefficient (Wildman–Crippen LogP) is 3.29. The number of hydrogen-bond donors (Lipinski definition) is 1. The van der Waals surface area contributed by atoms with E-state index in [2.05, 4.69) is 21.5 Å². The summed E-state index contributed by atoms with van der Waals surface area (Å²) in [7, 11) is 0. The summed E-state index contributed by atoms with van der Waals surface area (Å²) >= 11 is 1.68. The highest BCUT2D eigenvalue weighted by molar-refractivity contribution is 7.18. The van der Waals surface area contributed by atoms with Crippen LogP contribution in [0.2, 0.25) is 0 Å². The van der Waals surface area contributed by atoms with E-state index in [0.29, 0.717) is 6.54 Å². The molecule has 2 aromatic heterocycles. The molecule has 158 valence electrons. The number of fused-ring (bicyclic) bond motifs is 1. The lowest BCUT2D eigenvalue weighted by Gasteiger charge is -2.09. The van der Waals surface area contributed by atoms with Crippen LogP contribution < -0.4 is 15.6 Å². The summed E-state index contributed by atoms with van der Waals surface area (Å²) in [6, 6.07) is 20.2. The number of nitrogens with one attached hydrogen (secondary N) is 1. The molecule has 0 atom stereocenters. The summed E-state index contributed by atoms with van der Waals surface area (Å²) in [6.07, 6.45) is 1.57. The molecule has 7 nitrogen and oxygen atoms in total. The summed E-state index contributed by atoms with van der Waals surface area (Å²) in [5, 5.41) is 8.09. The molecular formula is C23H22N4O3S. The molecule has 0 saturated carbocycles. The van der Waals surface area contributed by atoms with Gasteiger partial charge in [0.25, 0.3) is 11.5 Å². The van der Waals surface area contributed by atoms with E-state index in [1.165, 1.54) is 21.5 Å². The molecule has 0 spiro atoms. The van der Waals surface area contributed by atoms with Crippen LogP contribution in [0.1, 0.15) is 21.9 Å². The predicted molar refractivity (Wildman–Crippen MR) is 121 cm³/mol. The molecule has 2 heterocycles. The Hall–Kier alpha value is -3.52. The van der Waals surface area contributed by atoms with Crippen LogP contribution in [-0.4, -0.2) is 33.8 Å². The molecule has 0 aliphatic heterocycles. The van der Waals surface area contributed by atoms with Gasteiger partial charge in [-0.3, -0.25) is 9.59 Å². The van der Waals surface area contributed by atoms with Gasteiger partial charge >= 0.3 is 0 Å². The van der Waals surface area contributed by atoms with Crippen molar-refractivity contribution in [1.29, 1.82) is 0 Å². The van der Waals surface area contributed by atoms with Crippen LogP contribution >= 0.6 is 11.3 Å². The van der Waals surface area contributed by atoms with Crippen LogP contribution in [0.3, 0.4) is 0 Å². The second-order valence-corrected chi connectivity index (χ2v) is 7.99. The van der Waals surface area contributed by atoms with E-state index in [1.807, 2.05) is 48.5 Å². The van der Waals surface area contributed by atoms with Crippen LogP contribution in [0.4, 0.5) is 0 Å². The van der Waals surface area contributed by atoms with E-state index in [4.69, 9.17) is 4.74 Å². The number of carbonyl (C=O) groups is 1. The first kappa shape index (κ1) is 20.7. The Balaban J connectivity index is 1.26. The van der Waals surface area contributed by atoms with Crippen molar-refractivity contribution in [2.45, 2.75) is 19.4 Å². The van der Waals surface area contributed by atoms with Gasteiger partial charge in [-0.25, -0.2) is 9.67 Å². The van der Waals surface area contributed by atoms with Crippen LogP contribution in [0.5, 0.6) is 5.75 Å². The molecule has 4 aromatic rings. The minimum absolute atomic E-state index is 0.208. The molecule has 1 N–H and O–H groups in total. The molecule has 1 amide bonds. The molecule has 2 aromatic carbocycles. The van der Waals surface area contributed by atoms with Gasteiger partial charge in [-0.1, -0.05) is 30.3 Å². The smallest absolute Gasteiger partial charge is 0.271 e. The fourth-order valence-electron chi connectivity index (χ4n) is 3.06. The summed E-state index contributed by atoms with van der Waals surface area (Å²) < 4.78 is 8.02. The van der Waals surface area contributed by atoms with Gasteiger partial charge in [0.05, 0.1) is 21.8 Å². The van der Waals surface area contributed by atoms with Crippen molar-refractivity contribution >= 4 is 27.5 Å². The Kier molecular flexibility index (Phi) is 6.68. The van der Waals surface area contributed by atoms with Gasteiger partial charge in [-0.15, -0.1) is 11.3 Å². The largest absolute Gasteiger partial charge is 0.492 e. The van der Waals surface area contributed by atoms with Gasteiger partial charge in [-0.2, -0.15) is 5.10 Å². The van der Waals surface area contributed by atoms with Crippen LogP contribution in [0.25, 0.3) is 10.2 Å². The van der Waals surface area contributed by atoms with Crippen LogP contribution in [0, 0.1) is 0 Å². The van der Waals surface area contributed by atoms with Crippen molar-refractivity contribution in [1.82, 2.24) is 20.1 Å². The molecule has 0 radical (unpaired) electrons. The average Bonchev–Trinajstić information content (AvgIpc) is 3.21. The molecular weight excluding hydrogens is 412 g/mol. The highest BCUT2D eigenvalue weighted by Gasteiger charge is 2.10. The first-order chi connectivity index (χ1) is 15.2. The molecule has 8 heteroatoms. The maximum absolute atomic E-state index is 12.4. The number of rotatable bonds is 9. The number of nitrogens with zero attached hydrogens (tertiary/aromatic N) is 3. The Morgan fingerprint density at radius 3 is 2.68 bits per heavy atom. The lowest BCUT2D eigenvalue weighted by molar-refractivity contribution is 0.0945. The highest BCUT2D eigenvalue weighted by Crippen LogP contribution is 2.22. The van der Waals surface area contributed by atoms with Gasteiger partial charge in [0.2, 0.25) is 0 Å². The monoisotopic (exact) mass is 434 g/mol. The third kappa shape index (κ3) is 5.55. The Morgan fingerprint density at radius 1 is 1.03 bits per heavy atom. The summed E-state index contributed by atoms with van der Waals surface area (Å²) in [6.45, 7) is 1.04. The van der Waals surface area contributed by atoms with Crippen molar-refractivity contribution in [2.75, 3.05) is 13.2 Å². The number of ether oxygens (including phenoxy) is 1. The third-order valence-electron chi connectivity index (χ3n) is 4.61. The lowest BCUT2D eigenvalue weighted by Crippen LogP contribution is -2.31. The second kappa shape index (κ2) is 9.99. The fourth-order valence-corrected chi connectivity index (χ4v) is 4.06. The molecule has 0 fully saturated rings. The Morgan fingerprint density at radius 2 is 1.84 bits per heavy atom. The number of carbonyl (C=O) groups excluding carboxylic acids is 1. The van der Waals surface area contributed by atoms with Gasteiger partial charge in [-0.05, 0) is 36.8 Å². The van der Waals surface area contributed by atoms with Crippen LogP contribution in [0.15, 0.2) is 71.5 Å². The normalized spacial score (nSPS) is 10.8. The van der Waals surface area contributed by atoms with E-state index in [1.54, 1.807) is 11.3 Å². The lowest BCUT2D eigenvalue weighted by atomic mass is 10.3. The third-order valence-corrected chi connectivity index (χ3v) is 5.70. The summed E-state index contributed by atoms with van der Waals surface area (Å²) in [5.41, 5.74) is 0.942. The molecule has 31 heavy (non-hydrogen) atoms. The van der Waals surface area contributed by atoms with Crippen LogP contribution in [-0.2, 0) is 13.0 Å². The van der Waals surface area contributed by atoms with Gasteiger partial charge in [0, 0.05) is 19.0 Å². The highest BCUT2D eigenvalue weighted by atomic mass is 32.1. The fraction of sp³-hybridized carbons (Fsp3) is 0.217. The van der Waals surface area contributed by atoms with Gasteiger partial charge < -0.3 is 10.1 Å². The SMILES string of the molecule is O=C(NCCCc1nc2ccccc2s1)c1ccc(=O)n(CCOc2ccccc2)n1. The molecule has 0 aliphatic rings. The number of hydrogen-bond acceptors (Lipinski definition) is 6. The van der Waals surface area contributed by atoms with Gasteiger partial charge in [0.1, 0.15) is 18.1 Å². The summed E-state index contributed by atoms with van der Waals surface area (Å²) in [4.78, 5) is 29.1. The number of aryl methyl sites for hydroxylation is 1. The molecule has 0 unspecified atom stereocenters. The zero-order valence-corrected chi connectivity index (χ0v) is 17.7. The van der Waals surface area contributed by atoms with E-state index in [9.17, 15) is 9.59 Å². The zero-order chi connectivity index (χ0) is 21.5. The van der Waals surface area contributed by atoms with E-state index in [-0.39, 0.29) is 30.3 Å². The zero-order valence-electron chi connectivity index (χ0n) is 16.9. The Labute approximate surface area is 183 Å². The number of aromatic nitrogens is 3. The number of para-hydroxylation sites is 2. The van der Waals surface area contributed by atoms with Crippen molar-refractivity contribution in [3.8, 4) is 5.75 Å². The van der Waals surface area contributed by atoms with E-state index >= 15 is 0 Å². The van der Waals surface area contributed by atoms with Crippen molar-refractivity contribution in [3.63, 3.8) is 0 Å². The first-order valence-corrected chi connectivity index (χ1v) is 10.9. The first-order valence-electron chi connectivity index (χ1n) is 10.1. The topological polar surface area (TPSA) is 86.1 Å². The van der Waals surface area contributed by atoms with Crippen molar-refractivity contribution in [3.05, 3.63) is 87.8 Å². The minimum atomic E-state index is -0.304. The van der Waals surface area contributed by atoms with Crippen molar-refractivity contribution < 1.29 is 9.53 Å². The number of amides is 1. The molecule has 0 aliphatic carbocycles. The average molecular weight is 435 g/mol. The maximum atomic E-state index is 12.4. The Bertz CT molecular complexity index is 1190. The molecule has 0 bridgehead atoms. The molecule has 4 rings (SSSR count). The number of thiazole rings is 1. The van der Waals surface area contributed by atoms with E-state index < -0.39 is 0 Å². The summed E-state index contributed by atoms with van der Waals surface area (Å²) in [5.74, 6) is 0.416. The quantitative estimate of drug-likeness (QED) is 0.409. The second-order valence-electron chi connectivity index (χ2n) is 6.88. The standard InChI is InChI=1S/C23H22N4O3S/c28-22-13-12-19(26-27(22)15-16-30-17-7-2-1-3-8-17)23(29)24-14-6-11-21-25-18-9-4-5-10-20(18)31-21/h1-5,7-10,12-13H,6,11,14-16H2,(H,24,29).